The molecular weight excluding hydrogens is 412 g/mol. The minimum absolute atomic E-state index is 0.0775. The van der Waals surface area contributed by atoms with Crippen molar-refractivity contribution in [2.75, 3.05) is 0 Å². The highest BCUT2D eigenvalue weighted by molar-refractivity contribution is 5.85. The number of aromatic nitrogens is 3. The summed E-state index contributed by atoms with van der Waals surface area (Å²) in [7, 11) is 0. The zero-order chi connectivity index (χ0) is 22.8. The number of rotatable bonds is 4. The SMILES string of the molecule is CC1(NC(=O)O)CC1.c1cc2ccc(-c3ccc(-c4cncn4C4CCCC4)cc3)cc2[nH]1. The van der Waals surface area contributed by atoms with E-state index in [1.54, 1.807) is 0 Å². The van der Waals surface area contributed by atoms with Gasteiger partial charge in [-0.15, -0.1) is 0 Å². The molecule has 6 heteroatoms. The third kappa shape index (κ3) is 4.80. The van der Waals surface area contributed by atoms with E-state index in [0.717, 1.165) is 12.8 Å². The van der Waals surface area contributed by atoms with Crippen LogP contribution in [-0.2, 0) is 0 Å². The Balaban J connectivity index is 0.000000243. The van der Waals surface area contributed by atoms with Gasteiger partial charge in [0.1, 0.15) is 0 Å². The number of hydrogen-bond donors (Lipinski definition) is 3. The zero-order valence-electron chi connectivity index (χ0n) is 18.9. The first-order valence-electron chi connectivity index (χ1n) is 11.7. The number of fused-ring (bicyclic) bond motifs is 1. The number of carboxylic acid groups (broad SMARTS) is 1. The van der Waals surface area contributed by atoms with Crippen molar-refractivity contribution in [3.63, 3.8) is 0 Å². The molecule has 0 aliphatic heterocycles. The van der Waals surface area contributed by atoms with E-state index in [1.807, 2.05) is 25.6 Å². The standard InChI is InChI=1S/C22H21N3.C5H9NO2/c1-2-4-20(3-1)25-15-23-14-22(25)18-8-5-16(6-9-18)19-10-7-17-11-12-24-21(17)13-19;1-5(2-3-5)6-4(7)8/h5-15,20,24H,1-4H2;6H,2-3H2,1H3,(H,7,8). The summed E-state index contributed by atoms with van der Waals surface area (Å²) in [4.78, 5) is 17.6. The average Bonchev–Trinajstić information content (AvgIpc) is 3.32. The van der Waals surface area contributed by atoms with Crippen molar-refractivity contribution in [3.8, 4) is 22.4 Å². The quantitative estimate of drug-likeness (QED) is 0.332. The molecule has 170 valence electrons. The first-order chi connectivity index (χ1) is 16.0. The largest absolute Gasteiger partial charge is 0.465 e. The number of imidazole rings is 1. The van der Waals surface area contributed by atoms with Gasteiger partial charge in [-0.25, -0.2) is 9.78 Å². The lowest BCUT2D eigenvalue weighted by Gasteiger charge is -2.15. The van der Waals surface area contributed by atoms with E-state index in [-0.39, 0.29) is 5.54 Å². The van der Waals surface area contributed by atoms with Crippen molar-refractivity contribution in [1.82, 2.24) is 19.9 Å². The van der Waals surface area contributed by atoms with Crippen LogP contribution in [0.15, 0.2) is 67.3 Å². The van der Waals surface area contributed by atoms with Crippen LogP contribution in [0.2, 0.25) is 0 Å². The molecule has 1 amide bonds. The van der Waals surface area contributed by atoms with Crippen LogP contribution in [0.25, 0.3) is 33.3 Å². The van der Waals surface area contributed by atoms with Gasteiger partial charge in [0.25, 0.3) is 0 Å². The van der Waals surface area contributed by atoms with Gasteiger partial charge in [-0.05, 0) is 66.8 Å². The molecule has 4 aromatic rings. The van der Waals surface area contributed by atoms with Crippen LogP contribution < -0.4 is 5.32 Å². The smallest absolute Gasteiger partial charge is 0.405 e. The molecular formula is C27H30N4O2. The average molecular weight is 443 g/mol. The van der Waals surface area contributed by atoms with E-state index >= 15 is 0 Å². The van der Waals surface area contributed by atoms with Crippen LogP contribution in [0.5, 0.6) is 0 Å². The number of benzene rings is 2. The van der Waals surface area contributed by atoms with Gasteiger partial charge in [0.15, 0.2) is 0 Å². The van der Waals surface area contributed by atoms with Crippen molar-refractivity contribution in [2.45, 2.75) is 57.0 Å². The Hall–Kier alpha value is -3.54. The normalized spacial score (nSPS) is 16.9. The third-order valence-electron chi connectivity index (χ3n) is 6.86. The zero-order valence-corrected chi connectivity index (χ0v) is 18.9. The van der Waals surface area contributed by atoms with Crippen LogP contribution in [0, 0.1) is 0 Å². The predicted octanol–water partition coefficient (Wildman–Crippen LogP) is 6.62. The van der Waals surface area contributed by atoms with Gasteiger partial charge >= 0.3 is 6.09 Å². The first-order valence-corrected chi connectivity index (χ1v) is 11.7. The molecule has 0 atom stereocenters. The number of nitrogens with one attached hydrogen (secondary N) is 2. The maximum Gasteiger partial charge on any atom is 0.405 e. The highest BCUT2D eigenvalue weighted by atomic mass is 16.4. The number of nitrogens with zero attached hydrogens (tertiary/aromatic N) is 2. The highest BCUT2D eigenvalue weighted by Gasteiger charge is 2.38. The molecule has 0 saturated heterocycles. The van der Waals surface area contributed by atoms with E-state index < -0.39 is 6.09 Å². The van der Waals surface area contributed by atoms with Gasteiger partial charge in [-0.2, -0.15) is 0 Å². The first kappa shape index (κ1) is 21.3. The molecule has 2 aliphatic rings. The third-order valence-corrected chi connectivity index (χ3v) is 6.86. The van der Waals surface area contributed by atoms with Crippen LogP contribution in [-0.4, -0.2) is 31.3 Å². The summed E-state index contributed by atoms with van der Waals surface area (Å²) in [5.74, 6) is 0. The van der Waals surface area contributed by atoms with Gasteiger partial charge in [-0.3, -0.25) is 0 Å². The van der Waals surface area contributed by atoms with Gasteiger partial charge in [0.05, 0.1) is 18.2 Å². The molecule has 0 bridgehead atoms. The number of carbonyl (C=O) groups is 1. The van der Waals surface area contributed by atoms with Crippen molar-refractivity contribution < 1.29 is 9.90 Å². The molecule has 0 radical (unpaired) electrons. The monoisotopic (exact) mass is 442 g/mol. The lowest BCUT2D eigenvalue weighted by Crippen LogP contribution is -2.32. The molecule has 2 aromatic heterocycles. The van der Waals surface area contributed by atoms with Crippen molar-refractivity contribution in [3.05, 3.63) is 67.3 Å². The minimum Gasteiger partial charge on any atom is -0.465 e. The lowest BCUT2D eigenvalue weighted by molar-refractivity contribution is 0.189. The summed E-state index contributed by atoms with van der Waals surface area (Å²) >= 11 is 0. The fraction of sp³-hybridized carbons (Fsp3) is 0.333. The Kier molecular flexibility index (Phi) is 5.67. The van der Waals surface area contributed by atoms with E-state index in [0.29, 0.717) is 6.04 Å². The van der Waals surface area contributed by atoms with Crippen molar-refractivity contribution in [2.24, 2.45) is 0 Å². The van der Waals surface area contributed by atoms with Gasteiger partial charge in [-0.1, -0.05) is 49.2 Å². The summed E-state index contributed by atoms with van der Waals surface area (Å²) in [6.45, 7) is 1.90. The summed E-state index contributed by atoms with van der Waals surface area (Å²) in [6, 6.07) is 18.2. The maximum atomic E-state index is 9.94. The highest BCUT2D eigenvalue weighted by Crippen LogP contribution is 2.35. The van der Waals surface area contributed by atoms with Crippen molar-refractivity contribution in [1.29, 1.82) is 0 Å². The molecule has 2 aliphatic carbocycles. The molecule has 33 heavy (non-hydrogen) atoms. The van der Waals surface area contributed by atoms with E-state index in [1.165, 1.54) is 59.0 Å². The van der Waals surface area contributed by atoms with Gasteiger partial charge < -0.3 is 20.0 Å². The Bertz CT molecular complexity index is 1240. The van der Waals surface area contributed by atoms with Crippen LogP contribution >= 0.6 is 0 Å². The second-order valence-electron chi connectivity index (χ2n) is 9.47. The molecule has 2 heterocycles. The molecule has 6 nitrogen and oxygen atoms in total. The number of amides is 1. The molecule has 6 rings (SSSR count). The van der Waals surface area contributed by atoms with Gasteiger partial charge in [0.2, 0.25) is 0 Å². The molecule has 3 N–H and O–H groups in total. The predicted molar refractivity (Wildman–Crippen MR) is 131 cm³/mol. The number of aromatic amines is 1. The number of H-pyrrole nitrogens is 1. The topological polar surface area (TPSA) is 82.9 Å². The summed E-state index contributed by atoms with van der Waals surface area (Å²) in [5.41, 5.74) is 6.07. The summed E-state index contributed by atoms with van der Waals surface area (Å²) in [5, 5.41) is 11.8. The Morgan fingerprint density at radius 1 is 1.06 bits per heavy atom. The summed E-state index contributed by atoms with van der Waals surface area (Å²) in [6.07, 6.45) is 12.3. The van der Waals surface area contributed by atoms with E-state index in [9.17, 15) is 4.79 Å². The molecule has 0 unspecified atom stereocenters. The second kappa shape index (κ2) is 8.77. The molecule has 2 fully saturated rings. The van der Waals surface area contributed by atoms with Gasteiger partial charge in [0, 0.05) is 23.3 Å². The minimum atomic E-state index is -0.912. The second-order valence-corrected chi connectivity index (χ2v) is 9.47. The summed E-state index contributed by atoms with van der Waals surface area (Å²) < 4.78 is 2.37. The Morgan fingerprint density at radius 2 is 1.76 bits per heavy atom. The Labute approximate surface area is 193 Å². The van der Waals surface area contributed by atoms with E-state index in [4.69, 9.17) is 5.11 Å². The Morgan fingerprint density at radius 3 is 2.42 bits per heavy atom. The fourth-order valence-corrected chi connectivity index (χ4v) is 4.63. The lowest BCUT2D eigenvalue weighted by atomic mass is 10.0. The molecule has 2 aromatic carbocycles. The molecule has 0 spiro atoms. The number of hydrogen-bond acceptors (Lipinski definition) is 2. The van der Waals surface area contributed by atoms with Crippen LogP contribution in [0.4, 0.5) is 4.79 Å². The fourth-order valence-electron chi connectivity index (χ4n) is 4.63. The molecule has 2 saturated carbocycles. The van der Waals surface area contributed by atoms with Crippen molar-refractivity contribution >= 4 is 17.0 Å². The maximum absolute atomic E-state index is 9.94. The van der Waals surface area contributed by atoms with Crippen LogP contribution in [0.3, 0.4) is 0 Å². The van der Waals surface area contributed by atoms with E-state index in [2.05, 4.69) is 68.4 Å². The van der Waals surface area contributed by atoms with Crippen LogP contribution in [0.1, 0.15) is 51.5 Å².